The van der Waals surface area contributed by atoms with Gasteiger partial charge in [-0.3, -0.25) is 19.1 Å². The molecule has 3 rings (SSSR count). The number of fused-ring (bicyclic) bond motifs is 1. The first kappa shape index (κ1) is 23.4. The average Bonchev–Trinajstić information content (AvgIpc) is 3.06. The molecule has 1 saturated heterocycles. The number of amides is 1. The van der Waals surface area contributed by atoms with Gasteiger partial charge in [0.25, 0.3) is 5.56 Å². The summed E-state index contributed by atoms with van der Waals surface area (Å²) in [6, 6.07) is 0. The number of thiophene rings is 1. The summed E-state index contributed by atoms with van der Waals surface area (Å²) < 4.78 is 12.1. The van der Waals surface area contributed by atoms with E-state index in [1.165, 1.54) is 10.9 Å². The van der Waals surface area contributed by atoms with Crippen LogP contribution in [0.1, 0.15) is 36.0 Å². The number of hydrogen-bond donors (Lipinski definition) is 1. The van der Waals surface area contributed by atoms with Gasteiger partial charge < -0.3 is 14.8 Å². The fourth-order valence-corrected chi connectivity index (χ4v) is 4.72. The summed E-state index contributed by atoms with van der Waals surface area (Å²) in [5, 5.41) is 3.21. The first-order valence-corrected chi connectivity index (χ1v) is 11.4. The number of carbonyl (C=O) groups is 2. The van der Waals surface area contributed by atoms with E-state index < -0.39 is 5.97 Å². The molecular formula is C21H30N4O5S. The van der Waals surface area contributed by atoms with Crippen LogP contribution in [0.5, 0.6) is 0 Å². The molecule has 1 aliphatic rings. The van der Waals surface area contributed by atoms with Crippen molar-refractivity contribution in [1.29, 1.82) is 0 Å². The second-order valence-electron chi connectivity index (χ2n) is 8.08. The van der Waals surface area contributed by atoms with Gasteiger partial charge in [-0.1, -0.05) is 13.8 Å². The highest BCUT2D eigenvalue weighted by Crippen LogP contribution is 2.27. The lowest BCUT2D eigenvalue weighted by Crippen LogP contribution is -2.48. The second kappa shape index (κ2) is 10.3. The Hall–Kier alpha value is -2.30. The zero-order valence-corrected chi connectivity index (χ0v) is 19.3. The van der Waals surface area contributed by atoms with Crippen molar-refractivity contribution in [3.63, 3.8) is 0 Å². The molecule has 1 N–H and O–H groups in total. The van der Waals surface area contributed by atoms with Crippen molar-refractivity contribution in [1.82, 2.24) is 19.8 Å². The summed E-state index contributed by atoms with van der Waals surface area (Å²) in [5.74, 6) is -0.176. The number of aryl methyl sites for hydroxylation is 1. The third-order valence-corrected chi connectivity index (χ3v) is 6.25. The van der Waals surface area contributed by atoms with Gasteiger partial charge in [-0.25, -0.2) is 9.78 Å². The van der Waals surface area contributed by atoms with Crippen LogP contribution in [0.3, 0.4) is 0 Å². The molecule has 170 valence electrons. The van der Waals surface area contributed by atoms with Crippen molar-refractivity contribution in [2.45, 2.75) is 40.3 Å². The third-order valence-electron chi connectivity index (χ3n) is 5.07. The van der Waals surface area contributed by atoms with Crippen molar-refractivity contribution >= 4 is 33.4 Å². The molecule has 1 unspecified atom stereocenters. The van der Waals surface area contributed by atoms with Gasteiger partial charge >= 0.3 is 5.97 Å². The Labute approximate surface area is 185 Å². The highest BCUT2D eigenvalue weighted by molar-refractivity contribution is 7.20. The fraction of sp³-hybridized carbons (Fsp3) is 0.619. The van der Waals surface area contributed by atoms with Gasteiger partial charge in [0.05, 0.1) is 31.0 Å². The Morgan fingerprint density at radius 1 is 1.42 bits per heavy atom. The molecule has 0 radical (unpaired) electrons. The van der Waals surface area contributed by atoms with Crippen LogP contribution in [-0.4, -0.2) is 71.8 Å². The Balaban J connectivity index is 1.64. The van der Waals surface area contributed by atoms with Crippen LogP contribution >= 0.6 is 11.3 Å². The average molecular weight is 451 g/mol. The van der Waals surface area contributed by atoms with Crippen LogP contribution in [-0.2, 0) is 20.8 Å². The van der Waals surface area contributed by atoms with Gasteiger partial charge in [-0.15, -0.1) is 11.3 Å². The normalized spacial score (nSPS) is 17.3. The van der Waals surface area contributed by atoms with E-state index in [2.05, 4.69) is 29.0 Å². The van der Waals surface area contributed by atoms with E-state index in [4.69, 9.17) is 9.47 Å². The first-order valence-electron chi connectivity index (χ1n) is 10.6. The fourth-order valence-electron chi connectivity index (χ4n) is 3.69. The van der Waals surface area contributed by atoms with Crippen molar-refractivity contribution in [2.24, 2.45) is 5.92 Å². The summed E-state index contributed by atoms with van der Waals surface area (Å²) in [4.78, 5) is 44.9. The number of carbonyl (C=O) groups excluding carboxylic acids is 2. The molecular weight excluding hydrogens is 420 g/mol. The quantitative estimate of drug-likeness (QED) is 0.607. The predicted molar refractivity (Wildman–Crippen MR) is 119 cm³/mol. The van der Waals surface area contributed by atoms with Gasteiger partial charge in [0.1, 0.15) is 16.3 Å². The van der Waals surface area contributed by atoms with Crippen molar-refractivity contribution in [2.75, 3.05) is 39.4 Å². The number of esters is 1. The standard InChI is InChI=1S/C21H30N4O5S/c1-5-29-21(28)18-14(4)17-19(31-18)23-12-25(20(17)27)11-16(26)22-8-15-10-24(6-7-30-15)9-13(2)3/h12-13,15H,5-11H2,1-4H3,(H,22,26). The van der Waals surface area contributed by atoms with E-state index in [1.54, 1.807) is 13.8 Å². The second-order valence-corrected chi connectivity index (χ2v) is 9.08. The summed E-state index contributed by atoms with van der Waals surface area (Å²) in [6.07, 6.45) is 1.27. The predicted octanol–water partition coefficient (Wildman–Crippen LogP) is 1.42. The molecule has 0 aliphatic carbocycles. The smallest absolute Gasteiger partial charge is 0.348 e. The number of morpholine rings is 1. The Morgan fingerprint density at radius 3 is 2.90 bits per heavy atom. The maximum Gasteiger partial charge on any atom is 0.348 e. The summed E-state index contributed by atoms with van der Waals surface area (Å²) in [7, 11) is 0. The minimum Gasteiger partial charge on any atom is -0.462 e. The number of nitrogens with zero attached hydrogens (tertiary/aromatic N) is 3. The maximum absolute atomic E-state index is 12.9. The van der Waals surface area contributed by atoms with Gasteiger partial charge in [-0.05, 0) is 25.3 Å². The minimum absolute atomic E-state index is 0.0694. The number of nitrogens with one attached hydrogen (secondary N) is 1. The lowest BCUT2D eigenvalue weighted by Gasteiger charge is -2.33. The SMILES string of the molecule is CCOC(=O)c1sc2ncn(CC(=O)NCC3CN(CC(C)C)CCO3)c(=O)c2c1C. The van der Waals surface area contributed by atoms with Crippen LogP contribution in [0.15, 0.2) is 11.1 Å². The van der Waals surface area contributed by atoms with Crippen LogP contribution in [0.4, 0.5) is 0 Å². The Morgan fingerprint density at radius 2 is 2.19 bits per heavy atom. The lowest BCUT2D eigenvalue weighted by atomic mass is 10.2. The zero-order valence-electron chi connectivity index (χ0n) is 18.5. The summed E-state index contributed by atoms with van der Waals surface area (Å²) >= 11 is 1.13. The van der Waals surface area contributed by atoms with Crippen LogP contribution < -0.4 is 10.9 Å². The van der Waals surface area contributed by atoms with Gasteiger partial charge in [0, 0.05) is 26.2 Å². The Kier molecular flexibility index (Phi) is 7.79. The molecule has 0 saturated carbocycles. The van der Waals surface area contributed by atoms with E-state index >= 15 is 0 Å². The van der Waals surface area contributed by atoms with Crippen molar-refractivity contribution in [3.8, 4) is 0 Å². The van der Waals surface area contributed by atoms with E-state index in [0.29, 0.717) is 39.7 Å². The number of aromatic nitrogens is 2. The summed E-state index contributed by atoms with van der Waals surface area (Å²) in [6.45, 7) is 11.6. The van der Waals surface area contributed by atoms with Gasteiger partial charge in [0.15, 0.2) is 0 Å². The molecule has 9 nitrogen and oxygen atoms in total. The van der Waals surface area contributed by atoms with E-state index in [0.717, 1.165) is 31.0 Å². The molecule has 1 amide bonds. The Bertz CT molecular complexity index is 1000. The largest absolute Gasteiger partial charge is 0.462 e. The number of rotatable bonds is 8. The number of hydrogen-bond acceptors (Lipinski definition) is 8. The first-order chi connectivity index (χ1) is 14.8. The van der Waals surface area contributed by atoms with Crippen molar-refractivity contribution < 1.29 is 19.1 Å². The van der Waals surface area contributed by atoms with Crippen molar-refractivity contribution in [3.05, 3.63) is 27.1 Å². The minimum atomic E-state index is -0.467. The monoisotopic (exact) mass is 450 g/mol. The highest BCUT2D eigenvalue weighted by atomic mass is 32.1. The van der Waals surface area contributed by atoms with Crippen LogP contribution in [0.2, 0.25) is 0 Å². The topological polar surface area (TPSA) is 103 Å². The number of ether oxygens (including phenoxy) is 2. The molecule has 3 heterocycles. The molecule has 0 bridgehead atoms. The van der Waals surface area contributed by atoms with Gasteiger partial charge in [0.2, 0.25) is 5.91 Å². The zero-order chi connectivity index (χ0) is 22.5. The molecule has 31 heavy (non-hydrogen) atoms. The van der Waals surface area contributed by atoms with E-state index in [9.17, 15) is 14.4 Å². The molecule has 1 aliphatic heterocycles. The molecule has 2 aromatic heterocycles. The summed E-state index contributed by atoms with van der Waals surface area (Å²) in [5.41, 5.74) is 0.188. The van der Waals surface area contributed by atoms with Crippen LogP contribution in [0.25, 0.3) is 10.2 Å². The van der Waals surface area contributed by atoms with E-state index in [-0.39, 0.29) is 30.7 Å². The molecule has 2 aromatic rings. The highest BCUT2D eigenvalue weighted by Gasteiger charge is 2.23. The van der Waals surface area contributed by atoms with Crippen LogP contribution in [0, 0.1) is 12.8 Å². The van der Waals surface area contributed by atoms with E-state index in [1.807, 2.05) is 0 Å². The maximum atomic E-state index is 12.9. The molecule has 0 spiro atoms. The molecule has 0 aromatic carbocycles. The third kappa shape index (κ3) is 5.69. The molecule has 1 fully saturated rings. The molecule has 10 heteroatoms. The molecule has 1 atom stereocenters. The lowest BCUT2D eigenvalue weighted by molar-refractivity contribution is -0.123. The van der Waals surface area contributed by atoms with Gasteiger partial charge in [-0.2, -0.15) is 0 Å².